The number of pyridine rings is 1. The molecule has 8 nitrogen and oxygen atoms in total. The van der Waals surface area contributed by atoms with Crippen LogP contribution in [0.25, 0.3) is 5.52 Å². The lowest BCUT2D eigenvalue weighted by Gasteiger charge is -2.23. The van der Waals surface area contributed by atoms with Gasteiger partial charge in [-0.15, -0.1) is 5.10 Å². The molecular formula is C17H15F4N7O. The van der Waals surface area contributed by atoms with Gasteiger partial charge in [-0.2, -0.15) is 13.9 Å². The molecule has 1 N–H and O–H groups in total. The standard InChI is InChI=1S/C9H9F2N5O.C8H6F2N2/c10-7(11)8-14-15-9(17-8)16-2-1-5-6(3-16)13-4-12-5;9-8(10)6-2-1-5-12-7(6)3-4-11-12/h4,7H,1-3H2,(H,12,13);1-5,8H. The van der Waals surface area contributed by atoms with Gasteiger partial charge in [0.05, 0.1) is 29.8 Å². The molecule has 0 spiro atoms. The van der Waals surface area contributed by atoms with Gasteiger partial charge in [0.15, 0.2) is 0 Å². The van der Waals surface area contributed by atoms with E-state index in [1.165, 1.54) is 16.8 Å². The number of H-pyrrole nitrogens is 1. The highest BCUT2D eigenvalue weighted by atomic mass is 19.3. The van der Waals surface area contributed by atoms with Crippen molar-refractivity contribution in [3.63, 3.8) is 0 Å². The number of aromatic amines is 1. The Hall–Kier alpha value is -3.44. The van der Waals surface area contributed by atoms with Crippen LogP contribution in [0.15, 0.2) is 41.3 Å². The van der Waals surface area contributed by atoms with Crippen molar-refractivity contribution in [1.82, 2.24) is 29.8 Å². The normalized spacial score (nSPS) is 13.7. The molecule has 1 aliphatic rings. The van der Waals surface area contributed by atoms with Crippen molar-refractivity contribution in [2.45, 2.75) is 25.8 Å². The van der Waals surface area contributed by atoms with Crippen LogP contribution in [0.4, 0.5) is 23.6 Å². The van der Waals surface area contributed by atoms with Crippen molar-refractivity contribution in [2.24, 2.45) is 0 Å². The van der Waals surface area contributed by atoms with Crippen LogP contribution in [0.5, 0.6) is 0 Å². The van der Waals surface area contributed by atoms with Crippen LogP contribution in [-0.2, 0) is 13.0 Å². The lowest BCUT2D eigenvalue weighted by Crippen LogP contribution is -2.30. The van der Waals surface area contributed by atoms with Gasteiger partial charge in [0.2, 0.25) is 0 Å². The molecule has 4 aromatic heterocycles. The summed E-state index contributed by atoms with van der Waals surface area (Å²) in [5.41, 5.74) is 2.44. The fraction of sp³-hybridized carbons (Fsp3) is 0.294. The van der Waals surface area contributed by atoms with E-state index in [1.807, 2.05) is 0 Å². The number of hydrogen-bond donors (Lipinski definition) is 1. The Morgan fingerprint density at radius 1 is 1.10 bits per heavy atom. The second kappa shape index (κ2) is 7.89. The summed E-state index contributed by atoms with van der Waals surface area (Å²) in [6.45, 7) is 1.14. The lowest BCUT2D eigenvalue weighted by atomic mass is 10.1. The SMILES string of the molecule is FC(F)c1cccn2nccc12.FC(F)c1nnc(N2CCc3nc[nH]c3C2)o1. The number of imidazole rings is 1. The van der Waals surface area contributed by atoms with Gasteiger partial charge in [0.25, 0.3) is 12.3 Å². The third kappa shape index (κ3) is 3.91. The zero-order chi connectivity index (χ0) is 20.4. The van der Waals surface area contributed by atoms with E-state index in [2.05, 4.69) is 25.3 Å². The largest absolute Gasteiger partial charge is 0.402 e. The number of rotatable bonds is 3. The summed E-state index contributed by atoms with van der Waals surface area (Å²) in [5.74, 6) is -0.643. The molecule has 29 heavy (non-hydrogen) atoms. The van der Waals surface area contributed by atoms with Crippen molar-refractivity contribution < 1.29 is 22.0 Å². The van der Waals surface area contributed by atoms with Gasteiger partial charge in [-0.05, 0) is 18.2 Å². The number of fused-ring (bicyclic) bond motifs is 2. The molecule has 4 aromatic rings. The average molecular weight is 409 g/mol. The summed E-state index contributed by atoms with van der Waals surface area (Å²) in [6.07, 6.45) is 0.314. The Bertz CT molecular complexity index is 1090. The molecular weight excluding hydrogens is 394 g/mol. The molecule has 0 aliphatic carbocycles. The predicted molar refractivity (Wildman–Crippen MR) is 92.7 cm³/mol. The summed E-state index contributed by atoms with van der Waals surface area (Å²) in [7, 11) is 0. The van der Waals surface area contributed by atoms with Crippen LogP contribution in [0.1, 0.15) is 35.7 Å². The minimum absolute atomic E-state index is 0.0231. The average Bonchev–Trinajstić information content (AvgIpc) is 3.47. The van der Waals surface area contributed by atoms with Gasteiger partial charge >= 0.3 is 12.4 Å². The van der Waals surface area contributed by atoms with Crippen molar-refractivity contribution in [3.05, 3.63) is 59.8 Å². The minimum atomic E-state index is -2.73. The Labute approximate surface area is 161 Å². The van der Waals surface area contributed by atoms with Crippen LogP contribution < -0.4 is 4.90 Å². The second-order valence-electron chi connectivity index (χ2n) is 6.15. The van der Waals surface area contributed by atoms with Gasteiger partial charge < -0.3 is 14.3 Å². The first kappa shape index (κ1) is 18.9. The third-order valence-corrected chi connectivity index (χ3v) is 4.37. The van der Waals surface area contributed by atoms with Crippen LogP contribution in [0, 0.1) is 0 Å². The minimum Gasteiger partial charge on any atom is -0.402 e. The number of nitrogens with one attached hydrogen (secondary N) is 1. The Kier molecular flexibility index (Phi) is 5.14. The smallest absolute Gasteiger partial charge is 0.318 e. The van der Waals surface area contributed by atoms with E-state index >= 15 is 0 Å². The number of halogens is 4. The number of aromatic nitrogens is 6. The van der Waals surface area contributed by atoms with E-state index in [4.69, 9.17) is 4.42 Å². The van der Waals surface area contributed by atoms with E-state index in [1.54, 1.807) is 29.6 Å². The topological polar surface area (TPSA) is 88.1 Å². The first-order valence-corrected chi connectivity index (χ1v) is 8.61. The number of hydrogen-bond acceptors (Lipinski definition) is 6. The summed E-state index contributed by atoms with van der Waals surface area (Å²) < 4.78 is 55.6. The highest BCUT2D eigenvalue weighted by Crippen LogP contribution is 2.25. The zero-order valence-corrected chi connectivity index (χ0v) is 14.8. The Morgan fingerprint density at radius 2 is 1.97 bits per heavy atom. The summed E-state index contributed by atoms with van der Waals surface area (Å²) in [5, 5.41) is 10.8. The van der Waals surface area contributed by atoms with E-state index in [0.29, 0.717) is 18.6 Å². The predicted octanol–water partition coefficient (Wildman–Crippen LogP) is 3.56. The molecule has 0 saturated heterocycles. The molecule has 0 radical (unpaired) electrons. The van der Waals surface area contributed by atoms with Gasteiger partial charge in [-0.1, -0.05) is 5.10 Å². The molecule has 152 valence electrons. The van der Waals surface area contributed by atoms with Crippen LogP contribution >= 0.6 is 0 Å². The molecule has 0 atom stereocenters. The van der Waals surface area contributed by atoms with E-state index in [9.17, 15) is 17.6 Å². The Morgan fingerprint density at radius 3 is 2.72 bits per heavy atom. The quantitative estimate of drug-likeness (QED) is 0.521. The van der Waals surface area contributed by atoms with Gasteiger partial charge in [0, 0.05) is 30.9 Å². The molecule has 1 aliphatic heterocycles. The molecule has 5 rings (SSSR count). The van der Waals surface area contributed by atoms with Crippen LogP contribution in [0.2, 0.25) is 0 Å². The van der Waals surface area contributed by atoms with Crippen molar-refractivity contribution in [2.75, 3.05) is 11.4 Å². The molecule has 5 heterocycles. The first-order chi connectivity index (χ1) is 14.0. The molecule has 0 aromatic carbocycles. The lowest BCUT2D eigenvalue weighted by molar-refractivity contribution is 0.115. The molecule has 0 bridgehead atoms. The molecule has 0 amide bonds. The molecule has 12 heteroatoms. The number of anilines is 1. The van der Waals surface area contributed by atoms with Crippen LogP contribution in [0.3, 0.4) is 0 Å². The highest BCUT2D eigenvalue weighted by molar-refractivity contribution is 5.53. The van der Waals surface area contributed by atoms with Crippen molar-refractivity contribution >= 4 is 11.5 Å². The van der Waals surface area contributed by atoms with Crippen LogP contribution in [-0.4, -0.2) is 36.3 Å². The van der Waals surface area contributed by atoms with Crippen molar-refractivity contribution in [3.8, 4) is 0 Å². The van der Waals surface area contributed by atoms with E-state index < -0.39 is 18.7 Å². The van der Waals surface area contributed by atoms with E-state index in [0.717, 1.165) is 17.8 Å². The highest BCUT2D eigenvalue weighted by Gasteiger charge is 2.24. The monoisotopic (exact) mass is 409 g/mol. The molecule has 0 saturated carbocycles. The third-order valence-electron chi connectivity index (χ3n) is 4.37. The molecule has 0 unspecified atom stereocenters. The fourth-order valence-electron chi connectivity index (χ4n) is 2.98. The van der Waals surface area contributed by atoms with Gasteiger partial charge in [0.1, 0.15) is 0 Å². The van der Waals surface area contributed by atoms with Gasteiger partial charge in [-0.25, -0.2) is 18.3 Å². The fourth-order valence-corrected chi connectivity index (χ4v) is 2.98. The zero-order valence-electron chi connectivity index (χ0n) is 14.8. The van der Waals surface area contributed by atoms with E-state index in [-0.39, 0.29) is 11.6 Å². The molecule has 0 fully saturated rings. The maximum absolute atomic E-state index is 12.3. The summed E-state index contributed by atoms with van der Waals surface area (Å²) in [6, 6.07) is 4.66. The number of alkyl halides is 4. The Balaban J connectivity index is 0.000000150. The first-order valence-electron chi connectivity index (χ1n) is 8.61. The number of nitrogens with zero attached hydrogens (tertiary/aromatic N) is 6. The van der Waals surface area contributed by atoms with Crippen molar-refractivity contribution in [1.29, 1.82) is 0 Å². The van der Waals surface area contributed by atoms with Gasteiger partial charge in [-0.3, -0.25) is 0 Å². The summed E-state index contributed by atoms with van der Waals surface area (Å²) >= 11 is 0. The maximum atomic E-state index is 12.3. The maximum Gasteiger partial charge on any atom is 0.318 e. The second-order valence-corrected chi connectivity index (χ2v) is 6.15. The summed E-state index contributed by atoms with van der Waals surface area (Å²) in [4.78, 5) is 8.89.